The van der Waals surface area contributed by atoms with Gasteiger partial charge in [0, 0.05) is 6.54 Å². The lowest BCUT2D eigenvalue weighted by Crippen LogP contribution is -2.37. The van der Waals surface area contributed by atoms with Crippen LogP contribution in [0.4, 0.5) is 11.4 Å². The van der Waals surface area contributed by atoms with Crippen molar-refractivity contribution in [1.29, 1.82) is 0 Å². The Morgan fingerprint density at radius 3 is 2.36 bits per heavy atom. The normalized spacial score (nSPS) is 16.8. The Morgan fingerprint density at radius 2 is 1.75 bits per heavy atom. The average Bonchev–Trinajstić information content (AvgIpc) is 2.57. The molecule has 0 saturated carbocycles. The lowest BCUT2D eigenvalue weighted by Gasteiger charge is -2.28. The highest BCUT2D eigenvalue weighted by Crippen LogP contribution is 2.32. The van der Waals surface area contributed by atoms with Crippen molar-refractivity contribution in [2.24, 2.45) is 0 Å². The first-order chi connectivity index (χ1) is 13.0. The summed E-state index contributed by atoms with van der Waals surface area (Å²) in [6.07, 6.45) is 1.43. The van der Waals surface area contributed by atoms with E-state index >= 15 is 0 Å². The minimum Gasteiger partial charge on any atom is -0.278 e. The lowest BCUT2D eigenvalue weighted by molar-refractivity contribution is 0.574. The summed E-state index contributed by atoms with van der Waals surface area (Å²) >= 11 is 6.23. The van der Waals surface area contributed by atoms with Crippen LogP contribution in [0.2, 0.25) is 5.02 Å². The summed E-state index contributed by atoms with van der Waals surface area (Å²) in [6.45, 7) is 5.73. The van der Waals surface area contributed by atoms with Gasteiger partial charge in [-0.15, -0.1) is 0 Å². The Labute approximate surface area is 171 Å². The van der Waals surface area contributed by atoms with Gasteiger partial charge in [0.25, 0.3) is 10.0 Å². The molecular formula is C19H23ClN2O4S2. The van der Waals surface area contributed by atoms with Gasteiger partial charge in [-0.05, 0) is 74.6 Å². The molecular weight excluding hydrogens is 420 g/mol. The highest BCUT2D eigenvalue weighted by molar-refractivity contribution is 7.93. The van der Waals surface area contributed by atoms with Gasteiger partial charge in [-0.2, -0.15) is 0 Å². The molecule has 3 rings (SSSR count). The standard InChI is InChI=1S/C19H23ClN2O4S2/c1-13-10-15(3)19(17(20)11-13)21-28(25,26)18-7-6-16(12-14(18)2)22-8-4-5-9-27(22,23)24/h6-7,10-12,21H,4-5,8-9H2,1-3H3. The molecule has 2 aromatic carbocycles. The fourth-order valence-corrected chi connectivity index (χ4v) is 6.84. The number of benzene rings is 2. The van der Waals surface area contributed by atoms with Gasteiger partial charge in [-0.1, -0.05) is 17.7 Å². The maximum Gasteiger partial charge on any atom is 0.262 e. The molecule has 1 saturated heterocycles. The van der Waals surface area contributed by atoms with Gasteiger partial charge in [0.1, 0.15) is 0 Å². The zero-order valence-corrected chi connectivity index (χ0v) is 18.4. The molecule has 28 heavy (non-hydrogen) atoms. The van der Waals surface area contributed by atoms with E-state index in [1.54, 1.807) is 26.0 Å². The Kier molecular flexibility index (Phi) is 5.67. The molecule has 1 fully saturated rings. The van der Waals surface area contributed by atoms with Crippen molar-refractivity contribution in [3.8, 4) is 0 Å². The molecule has 0 aromatic heterocycles. The highest BCUT2D eigenvalue weighted by Gasteiger charge is 2.27. The monoisotopic (exact) mass is 442 g/mol. The maximum absolute atomic E-state index is 12.9. The molecule has 0 spiro atoms. The summed E-state index contributed by atoms with van der Waals surface area (Å²) in [4.78, 5) is 0.0849. The van der Waals surface area contributed by atoms with Crippen molar-refractivity contribution < 1.29 is 16.8 Å². The van der Waals surface area contributed by atoms with Gasteiger partial charge >= 0.3 is 0 Å². The van der Waals surface area contributed by atoms with E-state index in [4.69, 9.17) is 11.6 Å². The smallest absolute Gasteiger partial charge is 0.262 e. The van der Waals surface area contributed by atoms with Crippen LogP contribution in [0.5, 0.6) is 0 Å². The van der Waals surface area contributed by atoms with Crippen LogP contribution in [0.3, 0.4) is 0 Å². The van der Waals surface area contributed by atoms with E-state index in [0.29, 0.717) is 34.9 Å². The fourth-order valence-electron chi connectivity index (χ4n) is 3.40. The van der Waals surface area contributed by atoms with Gasteiger partial charge in [0.2, 0.25) is 10.0 Å². The van der Waals surface area contributed by atoms with Gasteiger partial charge in [0.15, 0.2) is 0 Å². The van der Waals surface area contributed by atoms with E-state index < -0.39 is 20.0 Å². The van der Waals surface area contributed by atoms with Crippen LogP contribution in [-0.2, 0) is 20.0 Å². The second-order valence-electron chi connectivity index (χ2n) is 7.09. The third-order valence-electron chi connectivity index (χ3n) is 4.75. The number of sulfonamides is 2. The second kappa shape index (κ2) is 7.57. The van der Waals surface area contributed by atoms with Gasteiger partial charge in [-0.25, -0.2) is 16.8 Å². The van der Waals surface area contributed by atoms with E-state index in [1.807, 2.05) is 13.0 Å². The van der Waals surface area contributed by atoms with Crippen molar-refractivity contribution in [2.45, 2.75) is 38.5 Å². The predicted molar refractivity (Wildman–Crippen MR) is 113 cm³/mol. The number of aryl methyl sites for hydroxylation is 3. The molecule has 9 heteroatoms. The molecule has 2 aromatic rings. The molecule has 0 amide bonds. The summed E-state index contributed by atoms with van der Waals surface area (Å²) in [5.41, 5.74) is 2.96. The van der Waals surface area contributed by atoms with E-state index in [1.165, 1.54) is 16.4 Å². The van der Waals surface area contributed by atoms with E-state index in [0.717, 1.165) is 17.5 Å². The van der Waals surface area contributed by atoms with E-state index in [-0.39, 0.29) is 10.6 Å². The maximum atomic E-state index is 12.9. The SMILES string of the molecule is Cc1cc(C)c(NS(=O)(=O)c2ccc(N3CCCCS3(=O)=O)cc2C)c(Cl)c1. The Bertz CT molecular complexity index is 1110. The first kappa shape index (κ1) is 21.0. The molecule has 1 N–H and O–H groups in total. The number of halogens is 1. The van der Waals surface area contributed by atoms with Crippen molar-refractivity contribution in [1.82, 2.24) is 0 Å². The van der Waals surface area contributed by atoms with E-state index in [2.05, 4.69) is 4.72 Å². The Morgan fingerprint density at radius 1 is 1.04 bits per heavy atom. The van der Waals surface area contributed by atoms with Crippen LogP contribution in [0.1, 0.15) is 29.5 Å². The molecule has 1 aliphatic heterocycles. The molecule has 1 aliphatic rings. The Hall–Kier alpha value is -1.77. The molecule has 0 aliphatic carbocycles. The summed E-state index contributed by atoms with van der Waals surface area (Å²) in [6, 6.07) is 8.12. The molecule has 0 radical (unpaired) electrons. The van der Waals surface area contributed by atoms with Gasteiger partial charge < -0.3 is 0 Å². The van der Waals surface area contributed by atoms with Crippen LogP contribution >= 0.6 is 11.6 Å². The summed E-state index contributed by atoms with van der Waals surface area (Å²) in [7, 11) is -7.24. The third-order valence-corrected chi connectivity index (χ3v) is 8.43. The van der Waals surface area contributed by atoms with Gasteiger partial charge in [0.05, 0.1) is 27.0 Å². The molecule has 0 unspecified atom stereocenters. The number of anilines is 2. The van der Waals surface area contributed by atoms with Crippen LogP contribution in [0, 0.1) is 20.8 Å². The number of rotatable bonds is 4. The van der Waals surface area contributed by atoms with Crippen LogP contribution in [0.25, 0.3) is 0 Å². The summed E-state index contributed by atoms with van der Waals surface area (Å²) in [5.74, 6) is 0.110. The first-order valence-corrected chi connectivity index (χ1v) is 12.4. The molecule has 0 atom stereocenters. The van der Waals surface area contributed by atoms with Crippen molar-refractivity contribution in [3.63, 3.8) is 0 Å². The number of nitrogens with zero attached hydrogens (tertiary/aromatic N) is 1. The topological polar surface area (TPSA) is 83.6 Å². The molecule has 0 bridgehead atoms. The quantitative estimate of drug-likeness (QED) is 0.775. The minimum absolute atomic E-state index is 0.0849. The Balaban J connectivity index is 1.96. The molecule has 1 heterocycles. The van der Waals surface area contributed by atoms with Crippen molar-refractivity contribution in [3.05, 3.63) is 52.0 Å². The first-order valence-electron chi connectivity index (χ1n) is 8.92. The largest absolute Gasteiger partial charge is 0.278 e. The average molecular weight is 443 g/mol. The van der Waals surface area contributed by atoms with Crippen molar-refractivity contribution >= 4 is 43.0 Å². The number of nitrogens with one attached hydrogen (secondary N) is 1. The highest BCUT2D eigenvalue weighted by atomic mass is 35.5. The fraction of sp³-hybridized carbons (Fsp3) is 0.368. The number of hydrogen-bond donors (Lipinski definition) is 1. The summed E-state index contributed by atoms with van der Waals surface area (Å²) < 4.78 is 54.4. The van der Waals surface area contributed by atoms with Gasteiger partial charge in [-0.3, -0.25) is 9.03 Å². The lowest BCUT2D eigenvalue weighted by atomic mass is 10.1. The van der Waals surface area contributed by atoms with Crippen LogP contribution < -0.4 is 9.03 Å². The zero-order valence-electron chi connectivity index (χ0n) is 16.0. The summed E-state index contributed by atoms with van der Waals surface area (Å²) in [5, 5.41) is 0.328. The van der Waals surface area contributed by atoms with Crippen molar-refractivity contribution in [2.75, 3.05) is 21.3 Å². The van der Waals surface area contributed by atoms with Crippen LogP contribution in [0.15, 0.2) is 35.2 Å². The van der Waals surface area contributed by atoms with E-state index in [9.17, 15) is 16.8 Å². The zero-order chi connectivity index (χ0) is 20.7. The molecule has 6 nitrogen and oxygen atoms in total. The minimum atomic E-state index is -3.88. The predicted octanol–water partition coefficient (Wildman–Crippen LogP) is 4.00. The molecule has 152 valence electrons. The third kappa shape index (κ3) is 4.14. The second-order valence-corrected chi connectivity index (χ2v) is 11.2. The number of hydrogen-bond acceptors (Lipinski definition) is 4. The van der Waals surface area contributed by atoms with Crippen LogP contribution in [-0.4, -0.2) is 29.1 Å².